The third-order valence-electron chi connectivity index (χ3n) is 4.70. The molecule has 0 aromatic carbocycles. The van der Waals surface area contributed by atoms with Gasteiger partial charge in [0.05, 0.1) is 23.5 Å². The number of nitrogens with one attached hydrogen (secondary N) is 1. The van der Waals surface area contributed by atoms with Gasteiger partial charge in [-0.15, -0.1) is 12.3 Å². The number of nitrogens with zero attached hydrogens (tertiary/aromatic N) is 6. The Morgan fingerprint density at radius 2 is 2.07 bits per heavy atom. The van der Waals surface area contributed by atoms with Crippen LogP contribution in [0.3, 0.4) is 0 Å². The molecule has 0 unspecified atom stereocenters. The summed E-state index contributed by atoms with van der Waals surface area (Å²) in [7, 11) is 1.58. The van der Waals surface area contributed by atoms with Gasteiger partial charge in [0.2, 0.25) is 5.91 Å². The van der Waals surface area contributed by atoms with Crippen molar-refractivity contribution in [3.63, 3.8) is 0 Å². The third kappa shape index (κ3) is 4.17. The van der Waals surface area contributed by atoms with Crippen LogP contribution in [0.15, 0.2) is 22.5 Å². The Morgan fingerprint density at radius 3 is 2.75 bits per heavy atom. The van der Waals surface area contributed by atoms with E-state index in [1.807, 2.05) is 13.0 Å². The number of fused-ring (bicyclic) bond motifs is 1. The maximum absolute atomic E-state index is 12.7. The second kappa shape index (κ2) is 7.76. The lowest BCUT2D eigenvalue weighted by Crippen LogP contribution is -2.39. The highest BCUT2D eigenvalue weighted by atomic mass is 16.2. The second-order valence-electron chi connectivity index (χ2n) is 6.96. The Balaban J connectivity index is 1.53. The van der Waals surface area contributed by atoms with Gasteiger partial charge >= 0.3 is 0 Å². The first-order valence-electron chi connectivity index (χ1n) is 9.07. The molecule has 0 atom stereocenters. The fourth-order valence-electron chi connectivity index (χ4n) is 2.99. The Bertz CT molecular complexity index is 980. The Labute approximate surface area is 163 Å². The maximum Gasteiger partial charge on any atom is 0.257 e. The SMILES string of the molecule is C#CCCC1(CCNC(=O)CN(C)C(=O)c2cnc3cc(C)nn3c2C)N=N1. The van der Waals surface area contributed by atoms with Crippen molar-refractivity contribution in [2.75, 3.05) is 20.1 Å². The van der Waals surface area contributed by atoms with E-state index < -0.39 is 5.66 Å². The molecular formula is C19H23N7O2. The lowest BCUT2D eigenvalue weighted by molar-refractivity contribution is -0.121. The number of aromatic nitrogens is 3. The van der Waals surface area contributed by atoms with Gasteiger partial charge in [0.1, 0.15) is 0 Å². The molecule has 0 aliphatic carbocycles. The molecule has 0 spiro atoms. The molecule has 1 N–H and O–H groups in total. The molecule has 9 nitrogen and oxygen atoms in total. The van der Waals surface area contributed by atoms with Crippen molar-refractivity contribution >= 4 is 17.5 Å². The highest BCUT2D eigenvalue weighted by Crippen LogP contribution is 2.35. The van der Waals surface area contributed by atoms with Crippen molar-refractivity contribution in [1.82, 2.24) is 24.8 Å². The summed E-state index contributed by atoms with van der Waals surface area (Å²) in [4.78, 5) is 30.5. The van der Waals surface area contributed by atoms with Crippen LogP contribution in [0.2, 0.25) is 0 Å². The molecule has 0 bridgehead atoms. The van der Waals surface area contributed by atoms with Gasteiger partial charge in [0.25, 0.3) is 5.91 Å². The molecule has 1 aliphatic rings. The van der Waals surface area contributed by atoms with Gasteiger partial charge in [0.15, 0.2) is 11.3 Å². The molecule has 3 rings (SSSR count). The van der Waals surface area contributed by atoms with E-state index in [1.165, 1.54) is 11.1 Å². The van der Waals surface area contributed by atoms with Crippen LogP contribution in [0.4, 0.5) is 0 Å². The number of terminal acetylenes is 1. The molecule has 2 aromatic heterocycles. The zero-order valence-electron chi connectivity index (χ0n) is 16.3. The highest BCUT2D eigenvalue weighted by molar-refractivity contribution is 5.97. The zero-order chi connectivity index (χ0) is 20.3. The van der Waals surface area contributed by atoms with Gasteiger partial charge in [-0.3, -0.25) is 9.59 Å². The molecule has 3 heterocycles. The van der Waals surface area contributed by atoms with E-state index in [0.717, 1.165) is 5.69 Å². The number of likely N-dealkylation sites (N-methyl/N-ethyl adjacent to an activating group) is 1. The first-order valence-corrected chi connectivity index (χ1v) is 9.07. The summed E-state index contributed by atoms with van der Waals surface area (Å²) in [6.45, 7) is 4.04. The summed E-state index contributed by atoms with van der Waals surface area (Å²) in [5.41, 5.74) is 2.17. The Morgan fingerprint density at radius 1 is 1.32 bits per heavy atom. The van der Waals surface area contributed by atoms with E-state index >= 15 is 0 Å². The average Bonchev–Trinajstić information content (AvgIpc) is 3.31. The molecule has 9 heteroatoms. The van der Waals surface area contributed by atoms with Crippen LogP contribution in [0, 0.1) is 26.2 Å². The Hall–Kier alpha value is -3.28. The number of hydrogen-bond acceptors (Lipinski definition) is 6. The number of carbonyl (C=O) groups excluding carboxylic acids is 2. The predicted molar refractivity (Wildman–Crippen MR) is 103 cm³/mol. The molecule has 2 amide bonds. The zero-order valence-corrected chi connectivity index (χ0v) is 16.3. The molecule has 0 radical (unpaired) electrons. The smallest absolute Gasteiger partial charge is 0.257 e. The van der Waals surface area contributed by atoms with Gasteiger partial charge in [-0.25, -0.2) is 9.50 Å². The lowest BCUT2D eigenvalue weighted by Gasteiger charge is -2.18. The molecule has 0 saturated carbocycles. The maximum atomic E-state index is 12.7. The minimum absolute atomic E-state index is 0.0555. The highest BCUT2D eigenvalue weighted by Gasteiger charge is 2.38. The second-order valence-corrected chi connectivity index (χ2v) is 6.96. The quantitative estimate of drug-likeness (QED) is 0.700. The fourth-order valence-corrected chi connectivity index (χ4v) is 2.99. The first-order chi connectivity index (χ1) is 13.3. The molecular weight excluding hydrogens is 358 g/mol. The standard InChI is InChI=1S/C19H23N7O2/c1-5-6-7-19(23-24-19)8-9-20-17(27)12-25(4)18(28)15-11-21-16-10-13(2)22-26(16)14(15)3/h1,10-11H,6-9,12H2,2-4H3,(H,20,27). The summed E-state index contributed by atoms with van der Waals surface area (Å²) in [5, 5.41) is 15.2. The average molecular weight is 381 g/mol. The Kier molecular flexibility index (Phi) is 5.40. The monoisotopic (exact) mass is 381 g/mol. The normalized spacial score (nSPS) is 13.9. The van der Waals surface area contributed by atoms with E-state index in [0.29, 0.717) is 42.7 Å². The largest absolute Gasteiger partial charge is 0.354 e. The van der Waals surface area contributed by atoms with Crippen LogP contribution in [0.25, 0.3) is 5.65 Å². The summed E-state index contributed by atoms with van der Waals surface area (Å²) < 4.78 is 1.63. The molecule has 28 heavy (non-hydrogen) atoms. The molecule has 1 aliphatic heterocycles. The lowest BCUT2D eigenvalue weighted by atomic mass is 10.0. The first kappa shape index (κ1) is 19.5. The minimum Gasteiger partial charge on any atom is -0.354 e. The van der Waals surface area contributed by atoms with Crippen molar-refractivity contribution in [3.05, 3.63) is 29.2 Å². The number of hydrogen-bond donors (Lipinski definition) is 1. The summed E-state index contributed by atoms with van der Waals surface area (Å²) in [6.07, 6.45) is 8.69. The number of aryl methyl sites for hydroxylation is 2. The van der Waals surface area contributed by atoms with E-state index in [1.54, 1.807) is 18.5 Å². The van der Waals surface area contributed by atoms with E-state index in [9.17, 15) is 9.59 Å². The van der Waals surface area contributed by atoms with Crippen molar-refractivity contribution < 1.29 is 9.59 Å². The number of carbonyl (C=O) groups is 2. The topological polar surface area (TPSA) is 104 Å². The summed E-state index contributed by atoms with van der Waals surface area (Å²) >= 11 is 0. The van der Waals surface area contributed by atoms with Crippen molar-refractivity contribution in [3.8, 4) is 12.3 Å². The molecule has 2 aromatic rings. The van der Waals surface area contributed by atoms with E-state index in [2.05, 4.69) is 31.5 Å². The van der Waals surface area contributed by atoms with E-state index in [-0.39, 0.29) is 18.4 Å². The molecule has 0 saturated heterocycles. The minimum atomic E-state index is -0.429. The van der Waals surface area contributed by atoms with Crippen LogP contribution in [0.1, 0.15) is 41.0 Å². The van der Waals surface area contributed by atoms with Gasteiger partial charge in [0, 0.05) is 45.1 Å². The van der Waals surface area contributed by atoms with Gasteiger partial charge < -0.3 is 10.2 Å². The summed E-state index contributed by atoms with van der Waals surface area (Å²) in [6, 6.07) is 1.84. The third-order valence-corrected chi connectivity index (χ3v) is 4.70. The van der Waals surface area contributed by atoms with Crippen LogP contribution < -0.4 is 5.32 Å². The van der Waals surface area contributed by atoms with Crippen molar-refractivity contribution in [1.29, 1.82) is 0 Å². The van der Waals surface area contributed by atoms with Crippen LogP contribution >= 0.6 is 0 Å². The van der Waals surface area contributed by atoms with Crippen molar-refractivity contribution in [2.24, 2.45) is 10.2 Å². The number of rotatable bonds is 8. The van der Waals surface area contributed by atoms with E-state index in [4.69, 9.17) is 6.42 Å². The van der Waals surface area contributed by atoms with Crippen LogP contribution in [-0.4, -0.2) is 57.1 Å². The van der Waals surface area contributed by atoms with Crippen molar-refractivity contribution in [2.45, 2.75) is 38.8 Å². The van der Waals surface area contributed by atoms with Gasteiger partial charge in [-0.1, -0.05) is 0 Å². The van der Waals surface area contributed by atoms with Crippen LogP contribution in [-0.2, 0) is 4.79 Å². The van der Waals surface area contributed by atoms with Gasteiger partial charge in [-0.2, -0.15) is 15.3 Å². The molecule has 146 valence electrons. The summed E-state index contributed by atoms with van der Waals surface area (Å²) in [5.74, 6) is 2.04. The molecule has 0 fully saturated rings. The van der Waals surface area contributed by atoms with Crippen LogP contribution in [0.5, 0.6) is 0 Å². The number of amides is 2. The predicted octanol–water partition coefficient (Wildman–Crippen LogP) is 1.50. The van der Waals surface area contributed by atoms with Gasteiger partial charge in [-0.05, 0) is 13.8 Å². The fraction of sp³-hybridized carbons (Fsp3) is 0.474.